The summed E-state index contributed by atoms with van der Waals surface area (Å²) in [5, 5.41) is 9.25. The van der Waals surface area contributed by atoms with Crippen LogP contribution in [-0.4, -0.2) is 45.4 Å². The number of nitrogens with one attached hydrogen (secondary N) is 1. The number of carbonyl (C=O) groups excluding carboxylic acids is 2. The van der Waals surface area contributed by atoms with Gasteiger partial charge in [-0.25, -0.2) is 4.21 Å². The third-order valence-corrected chi connectivity index (χ3v) is 7.70. The van der Waals surface area contributed by atoms with E-state index >= 15 is 0 Å². The van der Waals surface area contributed by atoms with Crippen LogP contribution in [0, 0.1) is 5.41 Å². The van der Waals surface area contributed by atoms with Crippen molar-refractivity contribution >= 4 is 39.0 Å². The van der Waals surface area contributed by atoms with E-state index in [0.717, 1.165) is 6.42 Å². The predicted octanol–water partition coefficient (Wildman–Crippen LogP) is 4.23. The Bertz CT molecular complexity index is 1170. The lowest BCUT2D eigenvalue weighted by atomic mass is 9.70. The normalized spacial score (nSPS) is 19.8. The fourth-order valence-electron chi connectivity index (χ4n) is 4.65. The lowest BCUT2D eigenvalue weighted by Gasteiger charge is -2.45. The molecule has 2 aromatic rings. The molecular weight excluding hydrogens is 470 g/mol. The Morgan fingerprint density at radius 3 is 2.47 bits per heavy atom. The zero-order chi connectivity index (χ0) is 25.3. The van der Waals surface area contributed by atoms with Crippen molar-refractivity contribution in [3.8, 4) is 0 Å². The van der Waals surface area contributed by atoms with Gasteiger partial charge in [-0.1, -0.05) is 43.6 Å². The molecule has 6 nitrogen and oxygen atoms in total. The minimum atomic E-state index is -2.92. The number of hydrogen-bond donors (Lipinski definition) is 2. The number of piperidine rings is 1. The van der Waals surface area contributed by atoms with Crippen LogP contribution in [-0.2, 0) is 14.5 Å². The predicted molar refractivity (Wildman–Crippen MR) is 139 cm³/mol. The van der Waals surface area contributed by atoms with Crippen LogP contribution in [0.15, 0.2) is 53.4 Å². The molecule has 1 aliphatic rings. The molecule has 3 rings (SSSR count). The molecule has 8 heteroatoms. The first-order valence-corrected chi connectivity index (χ1v) is 13.5. The molecule has 0 aliphatic carbocycles. The van der Waals surface area contributed by atoms with Gasteiger partial charge in [-0.05, 0) is 73.4 Å². The van der Waals surface area contributed by atoms with Gasteiger partial charge in [-0.15, -0.1) is 0 Å². The topological polar surface area (TPSA) is 92.5 Å². The number of carbonyl (C=O) groups is 2. The summed E-state index contributed by atoms with van der Waals surface area (Å²) in [6.07, 6.45) is 1.03. The molecule has 0 bridgehead atoms. The molecule has 0 spiro atoms. The van der Waals surface area contributed by atoms with Crippen LogP contribution in [0.2, 0.25) is 5.02 Å². The van der Waals surface area contributed by atoms with E-state index in [1.807, 2.05) is 30.9 Å². The first-order chi connectivity index (χ1) is 15.7. The van der Waals surface area contributed by atoms with Crippen LogP contribution < -0.4 is 10.5 Å². The maximum Gasteiger partial charge on any atom is 0.251 e. The van der Waals surface area contributed by atoms with E-state index in [-0.39, 0.29) is 23.7 Å². The Morgan fingerprint density at radius 1 is 1.24 bits per heavy atom. The fraction of sp³-hybridized carbons (Fsp3) is 0.423. The summed E-state index contributed by atoms with van der Waals surface area (Å²) < 4.78 is 12.0. The van der Waals surface area contributed by atoms with Crippen molar-refractivity contribution in [2.45, 2.75) is 56.9 Å². The Labute approximate surface area is 208 Å². The van der Waals surface area contributed by atoms with Gasteiger partial charge >= 0.3 is 0 Å². The quantitative estimate of drug-likeness (QED) is 0.578. The van der Waals surface area contributed by atoms with E-state index in [4.69, 9.17) is 16.7 Å². The van der Waals surface area contributed by atoms with E-state index in [2.05, 4.69) is 37.2 Å². The summed E-state index contributed by atoms with van der Waals surface area (Å²) in [5.74, 6) is 3.45. The zero-order valence-corrected chi connectivity index (χ0v) is 21.8. The van der Waals surface area contributed by atoms with Crippen LogP contribution in [0.5, 0.6) is 0 Å². The van der Waals surface area contributed by atoms with Crippen molar-refractivity contribution in [2.24, 2.45) is 10.6 Å². The van der Waals surface area contributed by atoms with Gasteiger partial charge in [0.25, 0.3) is 5.91 Å². The number of nitrogens with zero attached hydrogens (tertiary/aromatic N) is 1. The standard InChI is InChI=1S/C26H34ClN3O3S/c1-25(2)17-30(14-13-22(25)18-9-11-20(27)12-10-18)23(31)16-26(3,4)29-24(32)19-7-6-8-21(15-19)34(5,28)33/h6-12,15,22H,5,13-14,16-17H2,1-4H3,(H2,28,33)(H,29,32). The van der Waals surface area contributed by atoms with E-state index in [0.29, 0.717) is 34.5 Å². The highest BCUT2D eigenvalue weighted by Crippen LogP contribution is 2.42. The highest BCUT2D eigenvalue weighted by Gasteiger charge is 2.39. The molecule has 34 heavy (non-hydrogen) atoms. The second-order valence-electron chi connectivity index (χ2n) is 10.5. The molecule has 3 N–H and O–H groups in total. The maximum atomic E-state index is 13.2. The number of rotatable bonds is 6. The smallest absolute Gasteiger partial charge is 0.251 e. The summed E-state index contributed by atoms with van der Waals surface area (Å²) in [7, 11) is -2.92. The molecule has 0 radical (unpaired) electrons. The van der Waals surface area contributed by atoms with Crippen LogP contribution >= 0.6 is 11.6 Å². The van der Waals surface area contributed by atoms with Gasteiger partial charge in [0, 0.05) is 40.5 Å². The van der Waals surface area contributed by atoms with Gasteiger partial charge in [0.15, 0.2) is 0 Å². The Morgan fingerprint density at radius 2 is 1.88 bits per heavy atom. The molecule has 1 saturated heterocycles. The minimum Gasteiger partial charge on any atom is -0.347 e. The Balaban J connectivity index is 1.64. The summed E-state index contributed by atoms with van der Waals surface area (Å²) in [5.41, 5.74) is 0.694. The molecule has 2 unspecified atom stereocenters. The zero-order valence-electron chi connectivity index (χ0n) is 20.3. The van der Waals surface area contributed by atoms with Crippen LogP contribution in [0.4, 0.5) is 0 Å². The SMILES string of the molecule is C=S(N)(=O)c1cccc(C(=O)NC(C)(C)CC(=O)N2CCC(c3ccc(Cl)cc3)C(C)(C)C2)c1. The molecule has 0 aromatic heterocycles. The number of amides is 2. The van der Waals surface area contributed by atoms with E-state index in [1.54, 1.807) is 18.2 Å². The third-order valence-electron chi connectivity index (χ3n) is 6.39. The molecule has 2 atom stereocenters. The summed E-state index contributed by atoms with van der Waals surface area (Å²) in [4.78, 5) is 28.2. The van der Waals surface area contributed by atoms with Crippen molar-refractivity contribution in [3.63, 3.8) is 0 Å². The molecule has 184 valence electrons. The van der Waals surface area contributed by atoms with Gasteiger partial charge in [-0.2, -0.15) is 0 Å². The number of hydrogen-bond acceptors (Lipinski definition) is 3. The summed E-state index contributed by atoms with van der Waals surface area (Å²) in [6, 6.07) is 14.2. The van der Waals surface area contributed by atoms with E-state index in [9.17, 15) is 13.8 Å². The van der Waals surface area contributed by atoms with Gasteiger partial charge < -0.3 is 10.2 Å². The second-order valence-corrected chi connectivity index (χ2v) is 12.8. The third kappa shape index (κ3) is 6.40. The van der Waals surface area contributed by atoms with Crippen LogP contribution in [0.1, 0.15) is 62.4 Å². The molecule has 1 fully saturated rings. The fourth-order valence-corrected chi connectivity index (χ4v) is 5.41. The molecule has 1 aliphatic heterocycles. The van der Waals surface area contributed by atoms with Crippen molar-refractivity contribution in [2.75, 3.05) is 13.1 Å². The van der Waals surface area contributed by atoms with Gasteiger partial charge in [0.1, 0.15) is 0 Å². The minimum absolute atomic E-state index is 0.00409. The van der Waals surface area contributed by atoms with Crippen molar-refractivity contribution < 1.29 is 13.8 Å². The van der Waals surface area contributed by atoms with E-state index < -0.39 is 15.2 Å². The van der Waals surface area contributed by atoms with Crippen LogP contribution in [0.25, 0.3) is 0 Å². The Hall–Kier alpha value is -2.35. The summed E-state index contributed by atoms with van der Waals surface area (Å²) >= 11 is 6.05. The number of halogens is 1. The molecule has 2 amide bonds. The molecule has 2 aromatic carbocycles. The van der Waals surface area contributed by atoms with Crippen LogP contribution in [0.3, 0.4) is 0 Å². The monoisotopic (exact) mass is 503 g/mol. The van der Waals surface area contributed by atoms with Crippen molar-refractivity contribution in [3.05, 3.63) is 64.7 Å². The van der Waals surface area contributed by atoms with Gasteiger partial charge in [-0.3, -0.25) is 14.7 Å². The number of likely N-dealkylation sites (tertiary alicyclic amines) is 1. The average molecular weight is 504 g/mol. The highest BCUT2D eigenvalue weighted by atomic mass is 35.5. The second kappa shape index (κ2) is 9.72. The molecule has 1 heterocycles. The lowest BCUT2D eigenvalue weighted by Crippen LogP contribution is -2.51. The van der Waals surface area contributed by atoms with E-state index in [1.165, 1.54) is 11.6 Å². The summed E-state index contributed by atoms with van der Waals surface area (Å²) in [6.45, 7) is 9.32. The van der Waals surface area contributed by atoms with Crippen molar-refractivity contribution in [1.82, 2.24) is 10.2 Å². The first kappa shape index (κ1) is 26.3. The molecule has 0 saturated carbocycles. The first-order valence-electron chi connectivity index (χ1n) is 11.3. The van der Waals surface area contributed by atoms with Gasteiger partial charge in [0.05, 0.1) is 9.71 Å². The maximum absolute atomic E-state index is 13.2. The number of nitrogens with two attached hydrogens (primary N) is 1. The highest BCUT2D eigenvalue weighted by molar-refractivity contribution is 7.98. The van der Waals surface area contributed by atoms with Gasteiger partial charge in [0.2, 0.25) is 5.91 Å². The lowest BCUT2D eigenvalue weighted by molar-refractivity contribution is -0.136. The Kier molecular flexibility index (Phi) is 7.51. The largest absolute Gasteiger partial charge is 0.347 e. The average Bonchev–Trinajstić information content (AvgIpc) is 2.72. The molecular formula is C26H34ClN3O3S. The number of benzene rings is 2. The van der Waals surface area contributed by atoms with Crippen molar-refractivity contribution in [1.29, 1.82) is 0 Å².